The zero-order valence-corrected chi connectivity index (χ0v) is 9.36. The Morgan fingerprint density at radius 3 is 2.53 bits per heavy atom. The summed E-state index contributed by atoms with van der Waals surface area (Å²) in [5, 5.41) is 3.21. The molecule has 0 aromatic carbocycles. The van der Waals surface area contributed by atoms with E-state index in [1.807, 2.05) is 6.92 Å². The SMILES string of the molecule is CCCNCC(C)CCOCC(F)(F)F. The van der Waals surface area contributed by atoms with E-state index in [1.54, 1.807) is 0 Å². The van der Waals surface area contributed by atoms with Gasteiger partial charge in [0.15, 0.2) is 0 Å². The summed E-state index contributed by atoms with van der Waals surface area (Å²) in [6.45, 7) is 4.90. The number of halogens is 3. The van der Waals surface area contributed by atoms with E-state index in [4.69, 9.17) is 0 Å². The van der Waals surface area contributed by atoms with Crippen molar-refractivity contribution in [3.05, 3.63) is 0 Å². The second-order valence-corrected chi connectivity index (χ2v) is 3.77. The molecular weight excluding hydrogens is 207 g/mol. The van der Waals surface area contributed by atoms with Crippen molar-refractivity contribution in [1.82, 2.24) is 5.32 Å². The molecule has 0 aromatic heterocycles. The molecule has 0 saturated heterocycles. The highest BCUT2D eigenvalue weighted by Gasteiger charge is 2.27. The van der Waals surface area contributed by atoms with Crippen LogP contribution in [0.5, 0.6) is 0 Å². The minimum atomic E-state index is -4.20. The lowest BCUT2D eigenvalue weighted by atomic mass is 10.1. The normalized spacial score (nSPS) is 14.2. The average Bonchev–Trinajstić information content (AvgIpc) is 2.11. The van der Waals surface area contributed by atoms with Gasteiger partial charge in [-0.3, -0.25) is 0 Å². The molecule has 0 rings (SSSR count). The molecule has 0 aromatic rings. The van der Waals surface area contributed by atoms with Crippen molar-refractivity contribution < 1.29 is 17.9 Å². The van der Waals surface area contributed by atoms with Crippen molar-refractivity contribution in [2.45, 2.75) is 32.9 Å². The van der Waals surface area contributed by atoms with E-state index in [0.717, 1.165) is 19.5 Å². The van der Waals surface area contributed by atoms with Gasteiger partial charge >= 0.3 is 6.18 Å². The number of nitrogens with one attached hydrogen (secondary N) is 1. The zero-order chi connectivity index (χ0) is 11.7. The smallest absolute Gasteiger partial charge is 0.372 e. The molecule has 0 fully saturated rings. The van der Waals surface area contributed by atoms with Crippen molar-refractivity contribution in [2.24, 2.45) is 5.92 Å². The van der Waals surface area contributed by atoms with E-state index in [2.05, 4.69) is 17.0 Å². The predicted molar refractivity (Wildman–Crippen MR) is 53.8 cm³/mol. The summed E-state index contributed by atoms with van der Waals surface area (Å²) >= 11 is 0. The molecule has 0 radical (unpaired) electrons. The van der Waals surface area contributed by atoms with Gasteiger partial charge in [0.1, 0.15) is 6.61 Å². The topological polar surface area (TPSA) is 21.3 Å². The molecule has 1 unspecified atom stereocenters. The standard InChI is InChI=1S/C10H20F3NO/c1-3-5-14-7-9(2)4-6-15-8-10(11,12)13/h9,14H,3-8H2,1-2H3. The minimum Gasteiger partial charge on any atom is -0.372 e. The molecule has 0 aliphatic rings. The quantitative estimate of drug-likeness (QED) is 0.643. The fourth-order valence-corrected chi connectivity index (χ4v) is 1.10. The predicted octanol–water partition coefficient (Wildman–Crippen LogP) is 2.59. The Morgan fingerprint density at radius 2 is 2.00 bits per heavy atom. The third kappa shape index (κ3) is 11.6. The maximum Gasteiger partial charge on any atom is 0.411 e. The highest BCUT2D eigenvalue weighted by atomic mass is 19.4. The molecule has 92 valence electrons. The maximum atomic E-state index is 11.7. The largest absolute Gasteiger partial charge is 0.411 e. The van der Waals surface area contributed by atoms with Crippen molar-refractivity contribution in [3.8, 4) is 0 Å². The highest BCUT2D eigenvalue weighted by molar-refractivity contribution is 4.56. The Morgan fingerprint density at radius 1 is 1.33 bits per heavy atom. The van der Waals surface area contributed by atoms with Gasteiger partial charge in [-0.2, -0.15) is 13.2 Å². The van der Waals surface area contributed by atoms with Crippen molar-refractivity contribution >= 4 is 0 Å². The van der Waals surface area contributed by atoms with Gasteiger partial charge in [-0.05, 0) is 31.8 Å². The van der Waals surface area contributed by atoms with Crippen LogP contribution in [0.1, 0.15) is 26.7 Å². The molecule has 0 amide bonds. The summed E-state index contributed by atoms with van der Waals surface area (Å²) < 4.78 is 39.6. The van der Waals surface area contributed by atoms with Crippen LogP contribution in [0.2, 0.25) is 0 Å². The molecule has 0 aliphatic carbocycles. The summed E-state index contributed by atoms with van der Waals surface area (Å²) in [4.78, 5) is 0. The van der Waals surface area contributed by atoms with Crippen LogP contribution in [0.15, 0.2) is 0 Å². The second-order valence-electron chi connectivity index (χ2n) is 3.77. The summed E-state index contributed by atoms with van der Waals surface area (Å²) in [6, 6.07) is 0. The molecule has 1 atom stereocenters. The number of alkyl halides is 3. The molecular formula is C10H20F3NO. The molecule has 15 heavy (non-hydrogen) atoms. The van der Waals surface area contributed by atoms with Crippen molar-refractivity contribution in [3.63, 3.8) is 0 Å². The summed E-state index contributed by atoms with van der Waals surface area (Å²) in [7, 11) is 0. The second kappa shape index (κ2) is 7.93. The first-order valence-electron chi connectivity index (χ1n) is 5.31. The van der Waals surface area contributed by atoms with Crippen LogP contribution in [0.25, 0.3) is 0 Å². The Bertz CT molecular complexity index is 150. The van der Waals surface area contributed by atoms with Gasteiger partial charge in [0, 0.05) is 6.61 Å². The molecule has 2 nitrogen and oxygen atoms in total. The fourth-order valence-electron chi connectivity index (χ4n) is 1.10. The van der Waals surface area contributed by atoms with Crippen LogP contribution in [-0.2, 0) is 4.74 Å². The lowest BCUT2D eigenvalue weighted by Gasteiger charge is -2.13. The van der Waals surface area contributed by atoms with Gasteiger partial charge in [-0.15, -0.1) is 0 Å². The van der Waals surface area contributed by atoms with E-state index >= 15 is 0 Å². The first-order chi connectivity index (χ1) is 6.95. The summed E-state index contributed by atoms with van der Waals surface area (Å²) in [5.74, 6) is 0.352. The van der Waals surface area contributed by atoms with Crippen LogP contribution >= 0.6 is 0 Å². The molecule has 1 N–H and O–H groups in total. The van der Waals surface area contributed by atoms with Gasteiger partial charge in [-0.1, -0.05) is 13.8 Å². The first kappa shape index (κ1) is 14.7. The molecule has 0 aliphatic heterocycles. The summed E-state index contributed by atoms with van der Waals surface area (Å²) in [5.41, 5.74) is 0. The molecule has 0 heterocycles. The third-order valence-corrected chi connectivity index (χ3v) is 1.94. The zero-order valence-electron chi connectivity index (χ0n) is 9.36. The number of hydrogen-bond acceptors (Lipinski definition) is 2. The highest BCUT2D eigenvalue weighted by Crippen LogP contribution is 2.14. The molecule has 0 spiro atoms. The van der Waals surface area contributed by atoms with Gasteiger partial charge in [-0.25, -0.2) is 0 Å². The van der Waals surface area contributed by atoms with E-state index in [-0.39, 0.29) is 6.61 Å². The fraction of sp³-hybridized carbons (Fsp3) is 1.00. The van der Waals surface area contributed by atoms with Gasteiger partial charge in [0.25, 0.3) is 0 Å². The summed E-state index contributed by atoms with van der Waals surface area (Å²) in [6.07, 6.45) is -2.48. The van der Waals surface area contributed by atoms with E-state index in [1.165, 1.54) is 0 Å². The van der Waals surface area contributed by atoms with Crippen LogP contribution in [0, 0.1) is 5.92 Å². The van der Waals surface area contributed by atoms with Crippen LogP contribution in [-0.4, -0.2) is 32.5 Å². The van der Waals surface area contributed by atoms with Crippen LogP contribution in [0.4, 0.5) is 13.2 Å². The number of hydrogen-bond donors (Lipinski definition) is 1. The van der Waals surface area contributed by atoms with Gasteiger partial charge < -0.3 is 10.1 Å². The van der Waals surface area contributed by atoms with Gasteiger partial charge in [0.2, 0.25) is 0 Å². The minimum absolute atomic E-state index is 0.175. The van der Waals surface area contributed by atoms with Crippen LogP contribution < -0.4 is 5.32 Å². The Labute approximate surface area is 89.2 Å². The Balaban J connectivity index is 3.27. The molecule has 0 bridgehead atoms. The third-order valence-electron chi connectivity index (χ3n) is 1.94. The van der Waals surface area contributed by atoms with E-state index in [9.17, 15) is 13.2 Å². The van der Waals surface area contributed by atoms with E-state index in [0.29, 0.717) is 12.3 Å². The monoisotopic (exact) mass is 227 g/mol. The number of rotatable bonds is 8. The van der Waals surface area contributed by atoms with E-state index < -0.39 is 12.8 Å². The van der Waals surface area contributed by atoms with Crippen molar-refractivity contribution in [2.75, 3.05) is 26.3 Å². The first-order valence-corrected chi connectivity index (χ1v) is 5.31. The van der Waals surface area contributed by atoms with Crippen molar-refractivity contribution in [1.29, 1.82) is 0 Å². The lowest BCUT2D eigenvalue weighted by molar-refractivity contribution is -0.174. The number of ether oxygens (including phenoxy) is 1. The molecule has 0 saturated carbocycles. The Hall–Kier alpha value is -0.290. The average molecular weight is 227 g/mol. The van der Waals surface area contributed by atoms with Gasteiger partial charge in [0.05, 0.1) is 0 Å². The lowest BCUT2D eigenvalue weighted by Crippen LogP contribution is -2.23. The van der Waals surface area contributed by atoms with Crippen LogP contribution in [0.3, 0.4) is 0 Å². The maximum absolute atomic E-state index is 11.7. The molecule has 5 heteroatoms. The Kier molecular flexibility index (Phi) is 7.78.